The highest BCUT2D eigenvalue weighted by Gasteiger charge is 1.80. The average Bonchev–Trinajstić information content (AvgIpc) is 2.19. The van der Waals surface area contributed by atoms with Gasteiger partial charge in [0.1, 0.15) is 0 Å². The molecule has 0 aromatic heterocycles. The lowest BCUT2D eigenvalue weighted by atomic mass is 10.9. The van der Waals surface area contributed by atoms with Crippen LogP contribution >= 0.6 is 0 Å². The number of carbonyl (C=O) groups is 3. The molecule has 0 radical (unpaired) electrons. The Morgan fingerprint density at radius 3 is 0.733 bits per heavy atom. The van der Waals surface area contributed by atoms with Gasteiger partial charge >= 0.3 is 17.9 Å². The summed E-state index contributed by atoms with van der Waals surface area (Å²) >= 11 is 0. The van der Waals surface area contributed by atoms with E-state index >= 15 is 0 Å². The molecular weight excluding hydrogens is 216 g/mol. The second-order valence-electron chi connectivity index (χ2n) is 1.75. The third-order valence-electron chi connectivity index (χ3n) is 0.386. The zero-order valence-electron chi connectivity index (χ0n) is 8.29. The lowest BCUT2D eigenvalue weighted by Gasteiger charge is -1.76. The lowest BCUT2D eigenvalue weighted by Crippen LogP contribution is -1.89. The predicted octanol–water partition coefficient (Wildman–Crippen LogP) is 0.0675. The Bertz CT molecular complexity index is 154. The topological polar surface area (TPSA) is 140 Å². The number of carbonyl (C=O) groups excluding carboxylic acids is 3. The molecule has 0 amide bonds. The van der Waals surface area contributed by atoms with Crippen molar-refractivity contribution in [2.24, 2.45) is 0 Å². The Hall–Kier alpha value is -1.71. The van der Waals surface area contributed by atoms with Gasteiger partial charge in [0.25, 0.3) is 0 Å². The van der Waals surface area contributed by atoms with Gasteiger partial charge in [0, 0.05) is 20.8 Å². The van der Waals surface area contributed by atoms with Gasteiger partial charge in [0.2, 0.25) is 0 Å². The molecule has 0 aliphatic heterocycles. The van der Waals surface area contributed by atoms with Crippen molar-refractivity contribution in [3.05, 3.63) is 0 Å². The normalized spacial score (nSPS) is 6.80. The maximum Gasteiger partial charge on any atom is 0.339 e. The Morgan fingerprint density at radius 1 is 0.667 bits per heavy atom. The van der Waals surface area contributed by atoms with Crippen LogP contribution in [0.25, 0.3) is 0 Å². The van der Waals surface area contributed by atoms with Crippen LogP contribution in [0.4, 0.5) is 0 Å². The first-order valence-electron chi connectivity index (χ1n) is 3.27. The van der Waals surface area contributed by atoms with Crippen LogP contribution < -0.4 is 0 Å². The lowest BCUT2D eigenvalue weighted by molar-refractivity contribution is -0.231. The summed E-state index contributed by atoms with van der Waals surface area (Å²) in [6.45, 7) is 3.33. The molecule has 3 N–H and O–H groups in total. The summed E-state index contributed by atoms with van der Waals surface area (Å²) < 4.78 is 0. The van der Waals surface area contributed by atoms with Gasteiger partial charge in [-0.15, -0.1) is 0 Å². The van der Waals surface area contributed by atoms with E-state index < -0.39 is 17.9 Å². The van der Waals surface area contributed by atoms with Gasteiger partial charge in [0.15, 0.2) is 0 Å². The highest BCUT2D eigenvalue weighted by Crippen LogP contribution is 1.60. The molecule has 9 nitrogen and oxygen atoms in total. The molecule has 0 aliphatic carbocycles. The molecule has 0 heterocycles. The third kappa shape index (κ3) is 70.7. The molecule has 0 fully saturated rings. The largest absolute Gasteiger partial charge is 0.339 e. The van der Waals surface area contributed by atoms with Gasteiger partial charge in [-0.3, -0.25) is 0 Å². The second kappa shape index (κ2) is 14.8. The first-order chi connectivity index (χ1) is 6.81. The zero-order valence-corrected chi connectivity index (χ0v) is 8.29. The Kier molecular flexibility index (Phi) is 18.7. The van der Waals surface area contributed by atoms with Gasteiger partial charge in [-0.25, -0.2) is 14.4 Å². The molecular formula is C6H12O9. The van der Waals surface area contributed by atoms with Crippen molar-refractivity contribution in [2.45, 2.75) is 20.8 Å². The number of hydrogen-bond donors (Lipinski definition) is 3. The highest BCUT2D eigenvalue weighted by molar-refractivity contribution is 5.65. The summed E-state index contributed by atoms with van der Waals surface area (Å²) in [6.07, 6.45) is 0. The number of rotatable bonds is 0. The minimum Gasteiger partial charge on any atom is -0.301 e. The van der Waals surface area contributed by atoms with E-state index in [0.29, 0.717) is 0 Å². The quantitative estimate of drug-likeness (QED) is 0.298. The predicted molar refractivity (Wildman–Crippen MR) is 43.2 cm³/mol. The first-order valence-corrected chi connectivity index (χ1v) is 3.27. The molecule has 0 saturated carbocycles. The summed E-state index contributed by atoms with van der Waals surface area (Å²) in [4.78, 5) is 37.4. The van der Waals surface area contributed by atoms with Gasteiger partial charge in [0.05, 0.1) is 0 Å². The summed E-state index contributed by atoms with van der Waals surface area (Å²) in [7, 11) is 0. The van der Waals surface area contributed by atoms with Crippen molar-refractivity contribution >= 4 is 17.9 Å². The second-order valence-corrected chi connectivity index (χ2v) is 1.75. The monoisotopic (exact) mass is 228 g/mol. The van der Waals surface area contributed by atoms with Crippen LogP contribution in [-0.2, 0) is 29.0 Å². The molecule has 90 valence electrons. The van der Waals surface area contributed by atoms with Crippen LogP contribution in [0.5, 0.6) is 0 Å². The van der Waals surface area contributed by atoms with E-state index in [-0.39, 0.29) is 0 Å². The Labute approximate surface area is 84.6 Å². The van der Waals surface area contributed by atoms with Crippen LogP contribution in [0.2, 0.25) is 0 Å². The minimum absolute atomic E-state index is 0.690. The van der Waals surface area contributed by atoms with Crippen LogP contribution in [0.3, 0.4) is 0 Å². The Balaban J connectivity index is -0.000000144. The van der Waals surface area contributed by atoms with Crippen molar-refractivity contribution in [3.63, 3.8) is 0 Å². The number of hydrogen-bond acceptors (Lipinski definition) is 9. The molecule has 0 saturated heterocycles. The average molecular weight is 228 g/mol. The van der Waals surface area contributed by atoms with Crippen LogP contribution in [0.15, 0.2) is 0 Å². The zero-order chi connectivity index (χ0) is 12.9. The van der Waals surface area contributed by atoms with E-state index in [1.165, 1.54) is 0 Å². The molecule has 0 rings (SSSR count). The van der Waals surface area contributed by atoms with Gasteiger partial charge in [-0.2, -0.15) is 15.8 Å². The van der Waals surface area contributed by atoms with E-state index in [1.807, 2.05) is 0 Å². The third-order valence-corrected chi connectivity index (χ3v) is 0.386. The van der Waals surface area contributed by atoms with Gasteiger partial charge < -0.3 is 14.7 Å². The van der Waals surface area contributed by atoms with Crippen LogP contribution in [-0.4, -0.2) is 33.7 Å². The SMILES string of the molecule is CC(=O)OO.CC(=O)OO.CC(=O)OO. The van der Waals surface area contributed by atoms with Crippen molar-refractivity contribution in [2.75, 3.05) is 0 Å². The Morgan fingerprint density at radius 2 is 0.733 bits per heavy atom. The molecule has 0 atom stereocenters. The summed E-state index contributed by atoms with van der Waals surface area (Å²) in [5, 5.41) is 21.9. The smallest absolute Gasteiger partial charge is 0.301 e. The molecule has 0 aliphatic rings. The van der Waals surface area contributed by atoms with E-state index in [2.05, 4.69) is 14.7 Å². The van der Waals surface area contributed by atoms with Gasteiger partial charge in [-0.05, 0) is 0 Å². The van der Waals surface area contributed by atoms with E-state index in [1.54, 1.807) is 0 Å². The minimum atomic E-state index is -0.690. The fraction of sp³-hybridized carbons (Fsp3) is 0.500. The fourth-order valence-electron chi connectivity index (χ4n) is 0. The van der Waals surface area contributed by atoms with Crippen molar-refractivity contribution < 1.29 is 44.8 Å². The van der Waals surface area contributed by atoms with Crippen LogP contribution in [0, 0.1) is 0 Å². The van der Waals surface area contributed by atoms with Crippen molar-refractivity contribution in [1.29, 1.82) is 0 Å². The molecule has 0 bridgehead atoms. The molecule has 0 spiro atoms. The van der Waals surface area contributed by atoms with E-state index in [0.717, 1.165) is 20.8 Å². The maximum atomic E-state index is 9.34. The summed E-state index contributed by atoms with van der Waals surface area (Å²) in [6, 6.07) is 0. The van der Waals surface area contributed by atoms with Crippen molar-refractivity contribution in [1.82, 2.24) is 0 Å². The fourth-order valence-corrected chi connectivity index (χ4v) is 0. The first kappa shape index (κ1) is 19.0. The van der Waals surface area contributed by atoms with Crippen molar-refractivity contribution in [3.8, 4) is 0 Å². The van der Waals surface area contributed by atoms with Crippen LogP contribution in [0.1, 0.15) is 20.8 Å². The highest BCUT2D eigenvalue weighted by atomic mass is 17.1. The molecule has 0 unspecified atom stereocenters. The summed E-state index contributed by atoms with van der Waals surface area (Å²) in [5.74, 6) is -2.07. The molecule has 0 aromatic rings. The van der Waals surface area contributed by atoms with E-state index in [9.17, 15) is 14.4 Å². The molecule has 0 aromatic carbocycles. The van der Waals surface area contributed by atoms with Gasteiger partial charge in [-0.1, -0.05) is 0 Å². The molecule has 9 heteroatoms. The van der Waals surface area contributed by atoms with E-state index in [4.69, 9.17) is 15.8 Å². The maximum absolute atomic E-state index is 9.34. The standard InChI is InChI=1S/3C2H4O3/c3*1-2(3)5-4/h3*4H,1H3. The molecule has 15 heavy (non-hydrogen) atoms. The summed E-state index contributed by atoms with van der Waals surface area (Å²) in [5.41, 5.74) is 0.